The second kappa shape index (κ2) is 32.0. The predicted octanol–water partition coefficient (Wildman–Crippen LogP) is 6.25. The van der Waals surface area contributed by atoms with Crippen LogP contribution in [0.2, 0.25) is 0 Å². The van der Waals surface area contributed by atoms with Crippen LogP contribution in [0.5, 0.6) is 0 Å². The maximum absolute atomic E-state index is 12.9. The van der Waals surface area contributed by atoms with Crippen molar-refractivity contribution in [3.8, 4) is 0 Å². The normalized spacial score (nSPS) is 24.5. The third-order valence-electron chi connectivity index (χ3n) is 10.6. The number of hydrogen-bond donors (Lipinski definition) is 9. The largest absolute Gasteiger partial charge is 0.472 e. The summed E-state index contributed by atoms with van der Waals surface area (Å²) in [5, 5.41) is 74.2. The molecule has 0 bridgehead atoms. The van der Waals surface area contributed by atoms with Crippen LogP contribution >= 0.6 is 7.82 Å². The SMILES string of the molecule is CCCCCCCCCCCC/C=C/C(O)C(COP(=O)(O)OC1C(O)C(O)C(O)C(O)C1O)NC(=O)CC(O)CCCCCCCCCCCCCCC. The number of phosphoric ester groups is 1. The summed E-state index contributed by atoms with van der Waals surface area (Å²) in [4.78, 5) is 23.3. The first-order valence-electron chi connectivity index (χ1n) is 21.7. The average molecular weight is 810 g/mol. The first-order valence-corrected chi connectivity index (χ1v) is 23.2. The number of allylic oxidation sites excluding steroid dienone is 1. The molecule has 0 aromatic heterocycles. The Morgan fingerprint density at radius 3 is 1.49 bits per heavy atom. The number of phosphoric acid groups is 1. The van der Waals surface area contributed by atoms with Crippen molar-refractivity contribution in [3.63, 3.8) is 0 Å². The number of amides is 1. The Hall–Kier alpha value is -0.960. The van der Waals surface area contributed by atoms with E-state index in [1.165, 1.54) is 109 Å². The van der Waals surface area contributed by atoms with Gasteiger partial charge in [0, 0.05) is 0 Å². The van der Waals surface area contributed by atoms with Gasteiger partial charge in [-0.25, -0.2) is 4.57 Å². The fourth-order valence-corrected chi connectivity index (χ4v) is 7.97. The number of rotatable bonds is 35. The fourth-order valence-electron chi connectivity index (χ4n) is 7.00. The summed E-state index contributed by atoms with van der Waals surface area (Å²) < 4.78 is 22.8. The van der Waals surface area contributed by atoms with Gasteiger partial charge < -0.3 is 46.0 Å². The average Bonchev–Trinajstić information content (AvgIpc) is 3.15. The minimum atomic E-state index is -5.13. The number of carbonyl (C=O) groups is 1. The number of nitrogens with one attached hydrogen (secondary N) is 1. The van der Waals surface area contributed by atoms with Crippen molar-refractivity contribution in [2.45, 2.75) is 236 Å². The van der Waals surface area contributed by atoms with E-state index in [1.54, 1.807) is 6.08 Å². The van der Waals surface area contributed by atoms with Gasteiger partial charge in [0.1, 0.15) is 36.6 Å². The van der Waals surface area contributed by atoms with Crippen molar-refractivity contribution in [1.82, 2.24) is 5.32 Å². The van der Waals surface area contributed by atoms with E-state index in [0.29, 0.717) is 12.8 Å². The molecule has 0 aromatic carbocycles. The van der Waals surface area contributed by atoms with Crippen LogP contribution in [-0.2, 0) is 18.4 Å². The van der Waals surface area contributed by atoms with E-state index >= 15 is 0 Å². The standard InChI is InChI=1S/C41H80NO12P/c1-3-5-7-9-11-13-15-17-18-20-22-24-26-28-32(43)30-35(45)42-33(34(44)29-27-25-23-21-19-16-14-12-10-8-6-4-2)31-53-55(51,52)54-41-39(49)37(47)36(46)38(48)40(41)50/h27,29,32-34,36-41,43-44,46-50H,3-26,28,30-31H2,1-2H3,(H,42,45)(H,51,52)/b29-27+. The number of unbranched alkanes of at least 4 members (excludes halogenated alkanes) is 22. The zero-order valence-electron chi connectivity index (χ0n) is 34.1. The lowest BCUT2D eigenvalue weighted by molar-refractivity contribution is -0.220. The smallest absolute Gasteiger partial charge is 0.393 e. The lowest BCUT2D eigenvalue weighted by Crippen LogP contribution is -2.64. The fraction of sp³-hybridized carbons (Fsp3) is 0.927. The van der Waals surface area contributed by atoms with Gasteiger partial charge in [0.05, 0.1) is 31.3 Å². The highest BCUT2D eigenvalue weighted by atomic mass is 31.2. The van der Waals surface area contributed by atoms with Crippen molar-refractivity contribution >= 4 is 13.7 Å². The first-order chi connectivity index (χ1) is 26.3. The molecule has 0 heterocycles. The van der Waals surface area contributed by atoms with Crippen LogP contribution in [0.1, 0.15) is 181 Å². The Balaban J connectivity index is 2.59. The molecule has 9 N–H and O–H groups in total. The third kappa shape index (κ3) is 24.5. The van der Waals surface area contributed by atoms with Gasteiger partial charge in [-0.3, -0.25) is 13.8 Å². The minimum Gasteiger partial charge on any atom is -0.393 e. The van der Waals surface area contributed by atoms with Gasteiger partial charge in [0.2, 0.25) is 5.91 Å². The number of aliphatic hydroxyl groups is 7. The van der Waals surface area contributed by atoms with Crippen LogP contribution < -0.4 is 5.32 Å². The maximum atomic E-state index is 12.9. The second-order valence-electron chi connectivity index (χ2n) is 15.7. The van der Waals surface area contributed by atoms with E-state index in [-0.39, 0.29) is 6.42 Å². The lowest BCUT2D eigenvalue weighted by atomic mass is 9.85. The summed E-state index contributed by atoms with van der Waals surface area (Å²) in [5.74, 6) is -0.593. The Bertz CT molecular complexity index is 1010. The molecule has 8 atom stereocenters. The quantitative estimate of drug-likeness (QED) is 0.0197. The highest BCUT2D eigenvalue weighted by Crippen LogP contribution is 2.47. The molecule has 13 nitrogen and oxygen atoms in total. The molecule has 326 valence electrons. The molecular weight excluding hydrogens is 729 g/mol. The van der Waals surface area contributed by atoms with Crippen LogP contribution in [0, 0.1) is 0 Å². The summed E-state index contributed by atoms with van der Waals surface area (Å²) in [6.45, 7) is 3.71. The topological polar surface area (TPSA) is 226 Å². The van der Waals surface area contributed by atoms with Crippen LogP contribution in [0.4, 0.5) is 0 Å². The van der Waals surface area contributed by atoms with Crippen LogP contribution in [0.25, 0.3) is 0 Å². The van der Waals surface area contributed by atoms with Gasteiger partial charge >= 0.3 is 7.82 Å². The van der Waals surface area contributed by atoms with Gasteiger partial charge in [-0.05, 0) is 19.3 Å². The molecule has 14 heteroatoms. The Kier molecular flexibility index (Phi) is 30.3. The van der Waals surface area contributed by atoms with Gasteiger partial charge in [0.15, 0.2) is 0 Å². The third-order valence-corrected chi connectivity index (χ3v) is 11.6. The van der Waals surface area contributed by atoms with E-state index < -0.39 is 75.2 Å². The van der Waals surface area contributed by atoms with E-state index in [0.717, 1.165) is 44.9 Å². The molecule has 1 aliphatic rings. The molecule has 55 heavy (non-hydrogen) atoms. The lowest BCUT2D eigenvalue weighted by Gasteiger charge is -2.41. The highest BCUT2D eigenvalue weighted by Gasteiger charge is 2.51. The molecular formula is C41H80NO12P. The zero-order chi connectivity index (χ0) is 40.9. The second-order valence-corrected chi connectivity index (χ2v) is 17.1. The minimum absolute atomic E-state index is 0.240. The predicted molar refractivity (Wildman–Crippen MR) is 215 cm³/mol. The molecule has 1 amide bonds. The van der Waals surface area contributed by atoms with E-state index in [2.05, 4.69) is 19.2 Å². The highest BCUT2D eigenvalue weighted by molar-refractivity contribution is 7.47. The molecule has 0 aliphatic heterocycles. The molecule has 0 aromatic rings. The van der Waals surface area contributed by atoms with Crippen molar-refractivity contribution in [1.29, 1.82) is 0 Å². The molecule has 1 fully saturated rings. The summed E-state index contributed by atoms with van der Waals surface area (Å²) in [6, 6.07) is -1.23. The van der Waals surface area contributed by atoms with Crippen LogP contribution in [-0.4, -0.2) is 108 Å². The number of carbonyl (C=O) groups excluding carboxylic acids is 1. The van der Waals surface area contributed by atoms with E-state index in [1.807, 2.05) is 0 Å². The van der Waals surface area contributed by atoms with Gasteiger partial charge in [-0.15, -0.1) is 0 Å². The van der Waals surface area contributed by atoms with Crippen LogP contribution in [0.3, 0.4) is 0 Å². The summed E-state index contributed by atoms with van der Waals surface area (Å²) >= 11 is 0. The molecule has 0 spiro atoms. The maximum Gasteiger partial charge on any atom is 0.472 e. The van der Waals surface area contributed by atoms with Gasteiger partial charge in [0.25, 0.3) is 0 Å². The van der Waals surface area contributed by atoms with Crippen molar-refractivity contribution in [3.05, 3.63) is 12.2 Å². The Morgan fingerprint density at radius 1 is 0.636 bits per heavy atom. The summed E-state index contributed by atoms with van der Waals surface area (Å²) in [7, 11) is -5.13. The molecule has 0 radical (unpaired) electrons. The number of aliphatic hydroxyl groups excluding tert-OH is 7. The van der Waals surface area contributed by atoms with Gasteiger partial charge in [-0.2, -0.15) is 0 Å². The molecule has 1 aliphatic carbocycles. The van der Waals surface area contributed by atoms with Crippen molar-refractivity contribution in [2.75, 3.05) is 6.61 Å². The van der Waals surface area contributed by atoms with Gasteiger partial charge in [-0.1, -0.05) is 167 Å². The monoisotopic (exact) mass is 810 g/mol. The summed E-state index contributed by atoms with van der Waals surface area (Å²) in [6.07, 6.45) is 17.4. The molecule has 0 saturated heterocycles. The Labute approximate surface area is 331 Å². The zero-order valence-corrected chi connectivity index (χ0v) is 35.0. The first kappa shape index (κ1) is 52.1. The molecule has 8 unspecified atom stereocenters. The summed E-state index contributed by atoms with van der Waals surface area (Å²) in [5.41, 5.74) is 0. The molecule has 1 rings (SSSR count). The number of hydrogen-bond acceptors (Lipinski definition) is 11. The van der Waals surface area contributed by atoms with E-state index in [9.17, 15) is 50.0 Å². The van der Waals surface area contributed by atoms with Crippen molar-refractivity contribution in [2.24, 2.45) is 0 Å². The van der Waals surface area contributed by atoms with E-state index in [4.69, 9.17) is 9.05 Å². The molecule has 1 saturated carbocycles. The van der Waals surface area contributed by atoms with Crippen molar-refractivity contribution < 1.29 is 59.0 Å². The van der Waals surface area contributed by atoms with Crippen LogP contribution in [0.15, 0.2) is 12.2 Å². The Morgan fingerprint density at radius 2 is 1.04 bits per heavy atom.